The fourth-order valence-electron chi connectivity index (χ4n) is 3.16. The monoisotopic (exact) mass is 344 g/mol. The first-order valence-electron chi connectivity index (χ1n) is 8.55. The van der Waals surface area contributed by atoms with Gasteiger partial charge < -0.3 is 4.90 Å². The maximum atomic E-state index is 14.5. The Labute approximate surface area is 146 Å². The SMILES string of the molecule is CC(F)CN1CCN(C(=O)c2ccc(-c3ccccc3)cc2F)CC1. The third-order valence-corrected chi connectivity index (χ3v) is 4.48. The molecule has 1 atom stereocenters. The zero-order valence-electron chi connectivity index (χ0n) is 14.3. The molecular weight excluding hydrogens is 322 g/mol. The number of piperazine rings is 1. The first-order chi connectivity index (χ1) is 12.0. The Bertz CT molecular complexity index is 726. The van der Waals surface area contributed by atoms with Gasteiger partial charge in [-0.3, -0.25) is 9.69 Å². The highest BCUT2D eigenvalue weighted by Gasteiger charge is 2.24. The topological polar surface area (TPSA) is 23.6 Å². The second-order valence-electron chi connectivity index (χ2n) is 6.43. The summed E-state index contributed by atoms with van der Waals surface area (Å²) in [6.45, 7) is 4.12. The number of carbonyl (C=O) groups excluding carboxylic acids is 1. The summed E-state index contributed by atoms with van der Waals surface area (Å²) in [5.41, 5.74) is 1.75. The molecule has 1 amide bonds. The van der Waals surface area contributed by atoms with E-state index in [-0.39, 0.29) is 11.5 Å². The van der Waals surface area contributed by atoms with Gasteiger partial charge in [0.2, 0.25) is 0 Å². The fraction of sp³-hybridized carbons (Fsp3) is 0.350. The molecule has 0 aromatic heterocycles. The average Bonchev–Trinajstić information content (AvgIpc) is 2.62. The lowest BCUT2D eigenvalue weighted by Crippen LogP contribution is -2.50. The van der Waals surface area contributed by atoms with Gasteiger partial charge in [-0.2, -0.15) is 0 Å². The average molecular weight is 344 g/mol. The van der Waals surface area contributed by atoms with Gasteiger partial charge in [0.15, 0.2) is 0 Å². The first kappa shape index (κ1) is 17.5. The molecule has 1 aliphatic heterocycles. The molecule has 25 heavy (non-hydrogen) atoms. The number of carbonyl (C=O) groups is 1. The molecule has 5 heteroatoms. The van der Waals surface area contributed by atoms with Crippen LogP contribution in [0.15, 0.2) is 48.5 Å². The van der Waals surface area contributed by atoms with Crippen molar-refractivity contribution in [1.82, 2.24) is 9.80 Å². The summed E-state index contributed by atoms with van der Waals surface area (Å²) in [6.07, 6.45) is -0.884. The van der Waals surface area contributed by atoms with Crippen LogP contribution in [-0.2, 0) is 0 Å². The second kappa shape index (κ2) is 7.74. The molecule has 1 fully saturated rings. The van der Waals surface area contributed by atoms with Crippen LogP contribution in [-0.4, -0.2) is 54.6 Å². The van der Waals surface area contributed by atoms with Crippen molar-refractivity contribution >= 4 is 5.91 Å². The number of amides is 1. The van der Waals surface area contributed by atoms with Gasteiger partial charge in [0, 0.05) is 32.7 Å². The van der Waals surface area contributed by atoms with Crippen molar-refractivity contribution in [3.8, 4) is 11.1 Å². The molecule has 0 radical (unpaired) electrons. The smallest absolute Gasteiger partial charge is 0.256 e. The molecule has 0 spiro atoms. The van der Waals surface area contributed by atoms with Gasteiger partial charge in [-0.05, 0) is 30.2 Å². The largest absolute Gasteiger partial charge is 0.336 e. The Morgan fingerprint density at radius 3 is 2.32 bits per heavy atom. The zero-order chi connectivity index (χ0) is 17.8. The van der Waals surface area contributed by atoms with Crippen molar-refractivity contribution < 1.29 is 13.6 Å². The van der Waals surface area contributed by atoms with Crippen LogP contribution in [0.5, 0.6) is 0 Å². The van der Waals surface area contributed by atoms with E-state index in [0.717, 1.165) is 11.1 Å². The molecule has 0 N–H and O–H groups in total. The molecular formula is C20H22F2N2O. The molecule has 1 heterocycles. The number of rotatable bonds is 4. The molecule has 1 aliphatic rings. The second-order valence-corrected chi connectivity index (χ2v) is 6.43. The number of benzene rings is 2. The number of alkyl halides is 1. The molecule has 132 valence electrons. The quantitative estimate of drug-likeness (QED) is 0.846. The van der Waals surface area contributed by atoms with Crippen LogP contribution in [0.3, 0.4) is 0 Å². The molecule has 2 aromatic carbocycles. The molecule has 1 unspecified atom stereocenters. The Hall–Kier alpha value is -2.27. The van der Waals surface area contributed by atoms with Crippen molar-refractivity contribution in [2.24, 2.45) is 0 Å². The highest BCUT2D eigenvalue weighted by Crippen LogP contribution is 2.22. The lowest BCUT2D eigenvalue weighted by atomic mass is 10.0. The van der Waals surface area contributed by atoms with E-state index in [2.05, 4.69) is 0 Å². The summed E-state index contributed by atoms with van der Waals surface area (Å²) in [7, 11) is 0. The Kier molecular flexibility index (Phi) is 5.43. The first-order valence-corrected chi connectivity index (χ1v) is 8.55. The third kappa shape index (κ3) is 4.23. The fourth-order valence-corrected chi connectivity index (χ4v) is 3.16. The van der Waals surface area contributed by atoms with Gasteiger partial charge in [0.05, 0.1) is 5.56 Å². The number of halogens is 2. The maximum Gasteiger partial charge on any atom is 0.256 e. The standard InChI is InChI=1S/C20H22F2N2O/c1-15(21)14-23-9-11-24(12-10-23)20(25)18-8-7-17(13-19(18)22)16-5-3-2-4-6-16/h2-8,13,15H,9-12,14H2,1H3. The summed E-state index contributed by atoms with van der Waals surface area (Å²) < 4.78 is 27.5. The van der Waals surface area contributed by atoms with Crippen LogP contribution in [0.4, 0.5) is 8.78 Å². The molecule has 0 saturated carbocycles. The van der Waals surface area contributed by atoms with Crippen LogP contribution in [0, 0.1) is 5.82 Å². The zero-order valence-corrected chi connectivity index (χ0v) is 14.3. The minimum atomic E-state index is -0.884. The Morgan fingerprint density at radius 1 is 1.04 bits per heavy atom. The summed E-state index contributed by atoms with van der Waals surface area (Å²) in [6, 6.07) is 14.2. The van der Waals surface area contributed by atoms with Gasteiger partial charge in [-0.15, -0.1) is 0 Å². The van der Waals surface area contributed by atoms with E-state index in [1.54, 1.807) is 17.0 Å². The number of hydrogen-bond donors (Lipinski definition) is 0. The van der Waals surface area contributed by atoms with E-state index in [4.69, 9.17) is 0 Å². The number of nitrogens with zero attached hydrogens (tertiary/aromatic N) is 2. The Balaban J connectivity index is 1.69. The van der Waals surface area contributed by atoms with E-state index >= 15 is 0 Å². The van der Waals surface area contributed by atoms with Gasteiger partial charge in [0.1, 0.15) is 12.0 Å². The predicted molar refractivity (Wildman–Crippen MR) is 94.7 cm³/mol. The minimum Gasteiger partial charge on any atom is -0.336 e. The third-order valence-electron chi connectivity index (χ3n) is 4.48. The van der Waals surface area contributed by atoms with Gasteiger partial charge in [-0.1, -0.05) is 36.4 Å². The van der Waals surface area contributed by atoms with E-state index in [9.17, 15) is 13.6 Å². The maximum absolute atomic E-state index is 14.5. The van der Waals surface area contributed by atoms with Crippen molar-refractivity contribution in [1.29, 1.82) is 0 Å². The Morgan fingerprint density at radius 2 is 1.72 bits per heavy atom. The van der Waals surface area contributed by atoms with Crippen molar-refractivity contribution in [2.75, 3.05) is 32.7 Å². The summed E-state index contributed by atoms with van der Waals surface area (Å²) in [5.74, 6) is -0.809. The van der Waals surface area contributed by atoms with Crippen molar-refractivity contribution in [2.45, 2.75) is 13.1 Å². The van der Waals surface area contributed by atoms with Crippen molar-refractivity contribution in [3.05, 3.63) is 59.9 Å². The van der Waals surface area contributed by atoms with Gasteiger partial charge in [0.25, 0.3) is 5.91 Å². The van der Waals surface area contributed by atoms with E-state index in [1.807, 2.05) is 35.2 Å². The lowest BCUT2D eigenvalue weighted by molar-refractivity contribution is 0.0605. The summed E-state index contributed by atoms with van der Waals surface area (Å²) in [5, 5.41) is 0. The van der Waals surface area contributed by atoms with E-state index < -0.39 is 12.0 Å². The van der Waals surface area contributed by atoms with Crippen LogP contribution in [0.25, 0.3) is 11.1 Å². The molecule has 1 saturated heterocycles. The highest BCUT2D eigenvalue weighted by molar-refractivity contribution is 5.95. The van der Waals surface area contributed by atoms with E-state index in [1.165, 1.54) is 13.0 Å². The number of hydrogen-bond acceptors (Lipinski definition) is 2. The van der Waals surface area contributed by atoms with Crippen LogP contribution >= 0.6 is 0 Å². The molecule has 0 aliphatic carbocycles. The van der Waals surface area contributed by atoms with Crippen LogP contribution in [0.2, 0.25) is 0 Å². The summed E-state index contributed by atoms with van der Waals surface area (Å²) in [4.78, 5) is 16.2. The normalized spacial score (nSPS) is 16.7. The molecule has 2 aromatic rings. The van der Waals surface area contributed by atoms with Gasteiger partial charge >= 0.3 is 0 Å². The summed E-state index contributed by atoms with van der Waals surface area (Å²) >= 11 is 0. The molecule has 0 bridgehead atoms. The highest BCUT2D eigenvalue weighted by atomic mass is 19.1. The molecule has 3 nitrogen and oxygen atoms in total. The minimum absolute atomic E-state index is 0.0898. The van der Waals surface area contributed by atoms with Crippen LogP contribution < -0.4 is 0 Å². The molecule has 3 rings (SSSR count). The van der Waals surface area contributed by atoms with Crippen molar-refractivity contribution in [3.63, 3.8) is 0 Å². The van der Waals surface area contributed by atoms with Gasteiger partial charge in [-0.25, -0.2) is 8.78 Å². The predicted octanol–water partition coefficient (Wildman–Crippen LogP) is 3.61. The lowest BCUT2D eigenvalue weighted by Gasteiger charge is -2.35. The van der Waals surface area contributed by atoms with Crippen LogP contribution in [0.1, 0.15) is 17.3 Å². The van der Waals surface area contributed by atoms with E-state index in [0.29, 0.717) is 32.7 Å².